The van der Waals surface area contributed by atoms with Crippen molar-refractivity contribution in [3.05, 3.63) is 24.0 Å². The molecular formula is C18H28N4O3. The third-order valence-corrected chi connectivity index (χ3v) is 4.35. The Labute approximate surface area is 149 Å². The summed E-state index contributed by atoms with van der Waals surface area (Å²) in [5.41, 5.74) is 1.54. The number of amides is 2. The van der Waals surface area contributed by atoms with E-state index in [1.54, 1.807) is 29.1 Å². The number of unbranched alkanes of at least 4 members (excludes halogenated alkanes) is 1. The van der Waals surface area contributed by atoms with Crippen molar-refractivity contribution < 1.29 is 14.3 Å². The fourth-order valence-electron chi connectivity index (χ4n) is 2.77. The Balaban J connectivity index is 1.96. The summed E-state index contributed by atoms with van der Waals surface area (Å²) in [5.74, 6) is -0.0400. The summed E-state index contributed by atoms with van der Waals surface area (Å²) >= 11 is 0. The first-order valence-corrected chi connectivity index (χ1v) is 8.94. The van der Waals surface area contributed by atoms with Gasteiger partial charge in [0.2, 0.25) is 0 Å². The molecule has 1 fully saturated rings. The van der Waals surface area contributed by atoms with Gasteiger partial charge < -0.3 is 19.4 Å². The highest BCUT2D eigenvalue weighted by Gasteiger charge is 2.25. The summed E-state index contributed by atoms with van der Waals surface area (Å²) in [6.45, 7) is 7.25. The smallest absolute Gasteiger partial charge is 0.409 e. The highest BCUT2D eigenvalue weighted by Crippen LogP contribution is 2.16. The Morgan fingerprint density at radius 1 is 1.16 bits per heavy atom. The third kappa shape index (κ3) is 5.08. The number of nitrogens with zero attached hydrogens (tertiary/aromatic N) is 4. The maximum atomic E-state index is 12.7. The van der Waals surface area contributed by atoms with Crippen LogP contribution < -0.4 is 4.90 Å². The number of piperazine rings is 1. The van der Waals surface area contributed by atoms with Crippen molar-refractivity contribution in [3.63, 3.8) is 0 Å². The maximum Gasteiger partial charge on any atom is 0.409 e. The van der Waals surface area contributed by atoms with E-state index in [0.29, 0.717) is 38.3 Å². The molecule has 1 aromatic heterocycles. The summed E-state index contributed by atoms with van der Waals surface area (Å²) in [4.78, 5) is 34.2. The zero-order valence-electron chi connectivity index (χ0n) is 15.4. The van der Waals surface area contributed by atoms with E-state index in [1.807, 2.05) is 13.1 Å². The van der Waals surface area contributed by atoms with Crippen LogP contribution in [0, 0.1) is 0 Å². The molecule has 25 heavy (non-hydrogen) atoms. The van der Waals surface area contributed by atoms with Crippen molar-refractivity contribution in [1.82, 2.24) is 14.8 Å². The fourth-order valence-corrected chi connectivity index (χ4v) is 2.77. The zero-order valence-corrected chi connectivity index (χ0v) is 15.4. The van der Waals surface area contributed by atoms with Crippen LogP contribution >= 0.6 is 0 Å². The van der Waals surface area contributed by atoms with Crippen LogP contribution in [0.4, 0.5) is 10.5 Å². The van der Waals surface area contributed by atoms with Crippen molar-refractivity contribution >= 4 is 17.7 Å². The average Bonchev–Trinajstić information content (AvgIpc) is 2.66. The van der Waals surface area contributed by atoms with Crippen LogP contribution in [-0.4, -0.2) is 73.2 Å². The van der Waals surface area contributed by atoms with Gasteiger partial charge in [0.05, 0.1) is 24.1 Å². The molecule has 2 rings (SSSR count). The fraction of sp³-hybridized carbons (Fsp3) is 0.611. The van der Waals surface area contributed by atoms with E-state index in [1.165, 1.54) is 0 Å². The van der Waals surface area contributed by atoms with Crippen molar-refractivity contribution in [2.45, 2.75) is 26.7 Å². The molecular weight excluding hydrogens is 320 g/mol. The molecule has 0 atom stereocenters. The molecule has 7 heteroatoms. The second-order valence-corrected chi connectivity index (χ2v) is 6.19. The van der Waals surface area contributed by atoms with Gasteiger partial charge in [-0.25, -0.2) is 4.79 Å². The van der Waals surface area contributed by atoms with Crippen LogP contribution in [0.2, 0.25) is 0 Å². The van der Waals surface area contributed by atoms with Gasteiger partial charge in [-0.1, -0.05) is 13.3 Å². The lowest BCUT2D eigenvalue weighted by molar-refractivity contribution is 0.0570. The zero-order chi connectivity index (χ0) is 18.2. The lowest BCUT2D eigenvalue weighted by Crippen LogP contribution is -2.50. The predicted octanol–water partition coefficient (Wildman–Crippen LogP) is 2.23. The second-order valence-electron chi connectivity index (χ2n) is 6.19. The van der Waals surface area contributed by atoms with Gasteiger partial charge in [0.25, 0.3) is 5.91 Å². The van der Waals surface area contributed by atoms with E-state index in [-0.39, 0.29) is 12.0 Å². The van der Waals surface area contributed by atoms with Crippen LogP contribution in [-0.2, 0) is 4.74 Å². The summed E-state index contributed by atoms with van der Waals surface area (Å²) in [6, 6.07) is 1.89. The summed E-state index contributed by atoms with van der Waals surface area (Å²) in [6.07, 6.45) is 5.31. The molecule has 138 valence electrons. The number of ether oxygens (including phenoxy) is 1. The molecule has 1 aliphatic rings. The summed E-state index contributed by atoms with van der Waals surface area (Å²) in [7, 11) is 2.01. The number of rotatable bonds is 6. The molecule has 1 aromatic rings. The van der Waals surface area contributed by atoms with Gasteiger partial charge in [0, 0.05) is 46.0 Å². The number of hydrogen-bond acceptors (Lipinski definition) is 5. The van der Waals surface area contributed by atoms with E-state index >= 15 is 0 Å². The van der Waals surface area contributed by atoms with E-state index in [0.717, 1.165) is 25.1 Å². The largest absolute Gasteiger partial charge is 0.450 e. The van der Waals surface area contributed by atoms with E-state index in [9.17, 15) is 9.59 Å². The molecule has 0 N–H and O–H groups in total. The molecule has 2 amide bonds. The molecule has 0 aliphatic carbocycles. The Kier molecular flexibility index (Phi) is 7.03. The van der Waals surface area contributed by atoms with Crippen LogP contribution in [0.3, 0.4) is 0 Å². The predicted molar refractivity (Wildman–Crippen MR) is 96.9 cm³/mol. The van der Waals surface area contributed by atoms with Gasteiger partial charge >= 0.3 is 6.09 Å². The standard InChI is InChI=1S/C18H28N4O3/c1-4-6-7-20(3)16-12-15(13-19-14-16)17(23)21-8-10-22(11-9-21)18(24)25-5-2/h12-14H,4-11H2,1-3H3. The minimum absolute atomic E-state index is 0.0400. The minimum Gasteiger partial charge on any atom is -0.450 e. The molecule has 2 heterocycles. The molecule has 7 nitrogen and oxygen atoms in total. The van der Waals surface area contributed by atoms with Gasteiger partial charge in [-0.3, -0.25) is 9.78 Å². The molecule has 1 saturated heterocycles. The van der Waals surface area contributed by atoms with Crippen LogP contribution in [0.5, 0.6) is 0 Å². The topological polar surface area (TPSA) is 66.0 Å². The first-order chi connectivity index (χ1) is 12.1. The molecule has 0 saturated carbocycles. The number of aromatic nitrogens is 1. The van der Waals surface area contributed by atoms with Crippen molar-refractivity contribution in [1.29, 1.82) is 0 Å². The lowest BCUT2D eigenvalue weighted by Gasteiger charge is -2.34. The Morgan fingerprint density at radius 3 is 2.48 bits per heavy atom. The minimum atomic E-state index is -0.309. The first kappa shape index (κ1) is 19.0. The molecule has 0 spiro atoms. The number of hydrogen-bond donors (Lipinski definition) is 0. The van der Waals surface area contributed by atoms with Gasteiger partial charge in [-0.2, -0.15) is 0 Å². The average molecular weight is 348 g/mol. The van der Waals surface area contributed by atoms with Gasteiger partial charge in [0.15, 0.2) is 0 Å². The third-order valence-electron chi connectivity index (χ3n) is 4.35. The maximum absolute atomic E-state index is 12.7. The van der Waals surface area contributed by atoms with E-state index in [4.69, 9.17) is 4.74 Å². The molecule has 0 radical (unpaired) electrons. The second kappa shape index (κ2) is 9.25. The molecule has 0 unspecified atom stereocenters. The highest BCUT2D eigenvalue weighted by molar-refractivity contribution is 5.95. The Hall–Kier alpha value is -2.31. The van der Waals surface area contributed by atoms with E-state index in [2.05, 4.69) is 16.8 Å². The normalized spacial score (nSPS) is 14.4. The Bertz CT molecular complexity index is 585. The molecule has 1 aliphatic heterocycles. The van der Waals surface area contributed by atoms with Crippen molar-refractivity contribution in [2.75, 3.05) is 51.3 Å². The number of carbonyl (C=O) groups excluding carboxylic acids is 2. The molecule has 0 bridgehead atoms. The van der Waals surface area contributed by atoms with E-state index < -0.39 is 0 Å². The number of pyridine rings is 1. The number of carbonyl (C=O) groups is 2. The van der Waals surface area contributed by atoms with Crippen molar-refractivity contribution in [3.8, 4) is 0 Å². The van der Waals surface area contributed by atoms with Gasteiger partial charge in [0.1, 0.15) is 0 Å². The van der Waals surface area contributed by atoms with Crippen LogP contribution in [0.1, 0.15) is 37.0 Å². The quantitative estimate of drug-likeness (QED) is 0.789. The lowest BCUT2D eigenvalue weighted by atomic mass is 10.2. The summed E-state index contributed by atoms with van der Waals surface area (Å²) in [5, 5.41) is 0. The summed E-state index contributed by atoms with van der Waals surface area (Å²) < 4.78 is 5.00. The van der Waals surface area contributed by atoms with Crippen LogP contribution in [0.15, 0.2) is 18.5 Å². The monoisotopic (exact) mass is 348 g/mol. The highest BCUT2D eigenvalue weighted by atomic mass is 16.6. The van der Waals surface area contributed by atoms with Gasteiger partial charge in [-0.15, -0.1) is 0 Å². The number of anilines is 1. The SMILES string of the molecule is CCCCN(C)c1cncc(C(=O)N2CCN(C(=O)OCC)CC2)c1. The first-order valence-electron chi connectivity index (χ1n) is 8.94. The Morgan fingerprint density at radius 2 is 1.84 bits per heavy atom. The molecule has 0 aromatic carbocycles. The van der Waals surface area contributed by atoms with Crippen LogP contribution in [0.25, 0.3) is 0 Å². The van der Waals surface area contributed by atoms with Crippen molar-refractivity contribution in [2.24, 2.45) is 0 Å². The van der Waals surface area contributed by atoms with Gasteiger partial charge in [-0.05, 0) is 19.4 Å².